The number of hydrogen-bond donors (Lipinski definition) is 3. The molecule has 1 aromatic carbocycles. The van der Waals surface area contributed by atoms with Crippen LogP contribution in [0.1, 0.15) is 45.6 Å². The monoisotopic (exact) mass is 392 g/mol. The van der Waals surface area contributed by atoms with Crippen LogP contribution in [0.3, 0.4) is 0 Å². The summed E-state index contributed by atoms with van der Waals surface area (Å²) in [4.78, 5) is 38.5. The van der Waals surface area contributed by atoms with E-state index in [0.717, 1.165) is 5.56 Å². The minimum absolute atomic E-state index is 0.326. The summed E-state index contributed by atoms with van der Waals surface area (Å²) < 4.78 is 0. The molecule has 1 aromatic rings. The molecule has 6 nitrogen and oxygen atoms in total. The molecule has 1 fully saturated rings. The Morgan fingerprint density at radius 2 is 1.85 bits per heavy atom. The first-order valence-corrected chi connectivity index (χ1v) is 9.65. The fourth-order valence-corrected chi connectivity index (χ4v) is 3.79. The standard InChI is InChI=1S/C20H28N2O4S/c1-19(2)10-7-11-20(3,18(26)22(19)13-16(23)24)21-17(25)15(27)12-14-8-5-4-6-9-14/h4-6,8-9,15,27H,7,10-13H2,1-3H3,(H,21,25)(H,23,24)/t15-,20+/m0/s1. The van der Waals surface area contributed by atoms with Crippen molar-refractivity contribution in [3.63, 3.8) is 0 Å². The van der Waals surface area contributed by atoms with Gasteiger partial charge in [-0.3, -0.25) is 14.4 Å². The Morgan fingerprint density at radius 1 is 1.22 bits per heavy atom. The lowest BCUT2D eigenvalue weighted by molar-refractivity contribution is -0.152. The van der Waals surface area contributed by atoms with E-state index in [9.17, 15) is 19.5 Å². The highest BCUT2D eigenvalue weighted by Crippen LogP contribution is 2.32. The molecule has 27 heavy (non-hydrogen) atoms. The average Bonchev–Trinajstić information content (AvgIpc) is 2.66. The molecule has 1 heterocycles. The Balaban J connectivity index is 2.15. The van der Waals surface area contributed by atoms with Gasteiger partial charge in [0.15, 0.2) is 0 Å². The lowest BCUT2D eigenvalue weighted by Crippen LogP contribution is -2.62. The zero-order valence-electron chi connectivity index (χ0n) is 16.1. The second kappa shape index (κ2) is 8.33. The second-order valence-electron chi connectivity index (χ2n) is 7.98. The van der Waals surface area contributed by atoms with Gasteiger partial charge in [-0.2, -0.15) is 12.6 Å². The number of aliphatic carboxylic acids is 1. The van der Waals surface area contributed by atoms with E-state index in [-0.39, 0.29) is 18.4 Å². The van der Waals surface area contributed by atoms with Gasteiger partial charge in [0.2, 0.25) is 11.8 Å². The van der Waals surface area contributed by atoms with Crippen molar-refractivity contribution < 1.29 is 19.5 Å². The van der Waals surface area contributed by atoms with E-state index in [1.54, 1.807) is 6.92 Å². The van der Waals surface area contributed by atoms with Crippen LogP contribution in [-0.2, 0) is 20.8 Å². The predicted molar refractivity (Wildman–Crippen MR) is 107 cm³/mol. The van der Waals surface area contributed by atoms with E-state index in [0.29, 0.717) is 25.7 Å². The average molecular weight is 393 g/mol. The number of thiol groups is 1. The van der Waals surface area contributed by atoms with Crippen molar-refractivity contribution in [1.82, 2.24) is 10.2 Å². The van der Waals surface area contributed by atoms with E-state index >= 15 is 0 Å². The van der Waals surface area contributed by atoms with Gasteiger partial charge in [0.05, 0.1) is 5.25 Å². The van der Waals surface area contributed by atoms with Crippen LogP contribution in [0.5, 0.6) is 0 Å². The van der Waals surface area contributed by atoms with Crippen LogP contribution in [0.2, 0.25) is 0 Å². The Bertz CT molecular complexity index is 707. The van der Waals surface area contributed by atoms with Gasteiger partial charge < -0.3 is 15.3 Å². The summed E-state index contributed by atoms with van der Waals surface area (Å²) in [7, 11) is 0. The Hall–Kier alpha value is -2.02. The van der Waals surface area contributed by atoms with Crippen molar-refractivity contribution in [2.75, 3.05) is 6.54 Å². The quantitative estimate of drug-likeness (QED) is 0.648. The maximum absolute atomic E-state index is 13.2. The van der Waals surface area contributed by atoms with Crippen molar-refractivity contribution in [2.24, 2.45) is 0 Å². The number of carboxylic acids is 1. The van der Waals surface area contributed by atoms with Crippen molar-refractivity contribution in [3.8, 4) is 0 Å². The fraction of sp³-hybridized carbons (Fsp3) is 0.550. The summed E-state index contributed by atoms with van der Waals surface area (Å²) in [5.74, 6) is -1.75. The molecule has 7 heteroatoms. The molecule has 1 aliphatic heterocycles. The number of rotatable bonds is 6. The van der Waals surface area contributed by atoms with E-state index in [2.05, 4.69) is 17.9 Å². The minimum Gasteiger partial charge on any atom is -0.480 e. The molecule has 0 radical (unpaired) electrons. The summed E-state index contributed by atoms with van der Waals surface area (Å²) in [6.07, 6.45) is 2.29. The maximum Gasteiger partial charge on any atom is 0.323 e. The van der Waals surface area contributed by atoms with Crippen LogP contribution in [0.25, 0.3) is 0 Å². The molecule has 0 bridgehead atoms. The highest BCUT2D eigenvalue weighted by atomic mass is 32.1. The van der Waals surface area contributed by atoms with E-state index in [4.69, 9.17) is 0 Å². The van der Waals surface area contributed by atoms with Gasteiger partial charge in [-0.1, -0.05) is 30.3 Å². The number of amides is 2. The van der Waals surface area contributed by atoms with E-state index in [1.165, 1.54) is 4.90 Å². The minimum atomic E-state index is -1.14. The SMILES string of the molecule is CC1(C)CCC[C@@](C)(NC(=O)[C@@H](S)Cc2ccccc2)C(=O)N1CC(=O)O. The lowest BCUT2D eigenvalue weighted by Gasteiger charge is -2.40. The molecular weight excluding hydrogens is 364 g/mol. The zero-order valence-corrected chi connectivity index (χ0v) is 17.0. The summed E-state index contributed by atoms with van der Waals surface area (Å²) >= 11 is 4.41. The van der Waals surface area contributed by atoms with Gasteiger partial charge in [-0.15, -0.1) is 0 Å². The van der Waals surface area contributed by atoms with Gasteiger partial charge in [0, 0.05) is 5.54 Å². The largest absolute Gasteiger partial charge is 0.480 e. The molecular formula is C20H28N2O4S. The molecule has 1 aliphatic rings. The van der Waals surface area contributed by atoms with Gasteiger partial charge in [-0.25, -0.2) is 0 Å². The van der Waals surface area contributed by atoms with E-state index in [1.807, 2.05) is 44.2 Å². The number of likely N-dealkylation sites (tertiary alicyclic amines) is 1. The topological polar surface area (TPSA) is 86.7 Å². The first kappa shape index (κ1) is 21.3. The van der Waals surface area contributed by atoms with Crippen LogP contribution in [0, 0.1) is 0 Å². The number of carbonyl (C=O) groups is 3. The van der Waals surface area contributed by atoms with Crippen molar-refractivity contribution in [3.05, 3.63) is 35.9 Å². The smallest absolute Gasteiger partial charge is 0.323 e. The Labute approximate surface area is 165 Å². The third-order valence-electron chi connectivity index (χ3n) is 5.18. The lowest BCUT2D eigenvalue weighted by atomic mass is 9.93. The number of nitrogens with one attached hydrogen (secondary N) is 1. The predicted octanol–water partition coefficient (Wildman–Crippen LogP) is 2.28. The van der Waals surface area contributed by atoms with Gasteiger partial charge in [0.1, 0.15) is 12.1 Å². The molecule has 0 aromatic heterocycles. The maximum atomic E-state index is 13.2. The summed E-state index contributed by atoms with van der Waals surface area (Å²) in [6, 6.07) is 9.55. The second-order valence-corrected chi connectivity index (χ2v) is 8.60. The fourth-order valence-electron chi connectivity index (χ4n) is 3.51. The van der Waals surface area contributed by atoms with Crippen LogP contribution in [0.4, 0.5) is 0 Å². The Morgan fingerprint density at radius 3 is 2.44 bits per heavy atom. The van der Waals surface area contributed by atoms with Gasteiger partial charge in [0.25, 0.3) is 0 Å². The number of carboxylic acid groups (broad SMARTS) is 1. The highest BCUT2D eigenvalue weighted by Gasteiger charge is 2.46. The van der Waals surface area contributed by atoms with Crippen LogP contribution < -0.4 is 5.32 Å². The molecule has 0 unspecified atom stereocenters. The number of carbonyl (C=O) groups excluding carboxylic acids is 2. The third kappa shape index (κ3) is 5.25. The molecule has 2 N–H and O–H groups in total. The first-order chi connectivity index (χ1) is 12.5. The molecule has 2 atom stereocenters. The molecule has 0 aliphatic carbocycles. The van der Waals surface area contributed by atoms with Gasteiger partial charge in [-0.05, 0) is 52.0 Å². The van der Waals surface area contributed by atoms with E-state index < -0.39 is 22.3 Å². The van der Waals surface area contributed by atoms with Gasteiger partial charge >= 0.3 is 5.97 Å². The van der Waals surface area contributed by atoms with Crippen molar-refractivity contribution in [2.45, 2.75) is 62.8 Å². The Kier molecular flexibility index (Phi) is 6.57. The molecule has 2 rings (SSSR count). The summed E-state index contributed by atoms with van der Waals surface area (Å²) in [5.41, 5.74) is -0.737. The highest BCUT2D eigenvalue weighted by molar-refractivity contribution is 7.81. The molecule has 148 valence electrons. The molecule has 2 amide bonds. The van der Waals surface area contributed by atoms with Crippen molar-refractivity contribution >= 4 is 30.4 Å². The molecule has 0 spiro atoms. The first-order valence-electron chi connectivity index (χ1n) is 9.13. The molecule has 0 saturated carbocycles. The summed E-state index contributed by atoms with van der Waals surface area (Å²) in [5, 5.41) is 11.5. The normalized spacial score (nSPS) is 23.4. The third-order valence-corrected chi connectivity index (χ3v) is 5.60. The number of hydrogen-bond acceptors (Lipinski definition) is 4. The number of nitrogens with zero attached hydrogens (tertiary/aromatic N) is 1. The van der Waals surface area contributed by atoms with Crippen LogP contribution in [-0.4, -0.2) is 50.7 Å². The molecule has 1 saturated heterocycles. The van der Waals surface area contributed by atoms with Crippen LogP contribution in [0.15, 0.2) is 30.3 Å². The summed E-state index contributed by atoms with van der Waals surface area (Å²) in [6.45, 7) is 5.01. The van der Waals surface area contributed by atoms with Crippen molar-refractivity contribution in [1.29, 1.82) is 0 Å². The number of benzene rings is 1. The zero-order chi connectivity index (χ0) is 20.2. The van der Waals surface area contributed by atoms with Crippen LogP contribution >= 0.6 is 12.6 Å².